The molecule has 4 N–H and O–H groups in total. The molecule has 0 aliphatic carbocycles. The number of rotatable bonds is 10. The smallest absolute Gasteiger partial charge is 0.490 e. The van der Waals surface area contributed by atoms with E-state index in [0.717, 1.165) is 30.0 Å². The second-order valence-corrected chi connectivity index (χ2v) is 7.31. The highest BCUT2D eigenvalue weighted by Crippen LogP contribution is 2.16. The van der Waals surface area contributed by atoms with Crippen LogP contribution in [-0.4, -0.2) is 52.8 Å². The zero-order valence-electron chi connectivity index (χ0n) is 19.5. The summed E-state index contributed by atoms with van der Waals surface area (Å²) in [6.45, 7) is 6.69. The number of ether oxygens (including phenoxy) is 1. The average molecular weight is 486 g/mol. The molecule has 9 nitrogen and oxygen atoms in total. The van der Waals surface area contributed by atoms with Crippen LogP contribution in [0.1, 0.15) is 38.8 Å². The van der Waals surface area contributed by atoms with Crippen molar-refractivity contribution in [3.05, 3.63) is 36.0 Å². The van der Waals surface area contributed by atoms with Crippen molar-refractivity contribution in [1.29, 1.82) is 0 Å². The van der Waals surface area contributed by atoms with E-state index in [-0.39, 0.29) is 5.91 Å². The number of alkyl halides is 3. The molecular weight excluding hydrogens is 455 g/mol. The maximum atomic E-state index is 12.1. The van der Waals surface area contributed by atoms with Crippen LogP contribution in [0.3, 0.4) is 0 Å². The Bertz CT molecular complexity index is 924. The maximum Gasteiger partial charge on any atom is 0.490 e. The maximum absolute atomic E-state index is 12.1. The van der Waals surface area contributed by atoms with Crippen LogP contribution < -0.4 is 20.7 Å². The monoisotopic (exact) mass is 485 g/mol. The highest BCUT2D eigenvalue weighted by molar-refractivity contribution is 5.91. The Kier molecular flexibility index (Phi) is 11.6. The normalized spacial score (nSPS) is 11.5. The number of aliphatic carboxylic acids is 1. The predicted molar refractivity (Wildman–Crippen MR) is 123 cm³/mol. The Balaban J connectivity index is 0.000000718. The van der Waals surface area contributed by atoms with Crippen LogP contribution in [0.15, 0.2) is 30.3 Å². The number of hydrogen-bond acceptors (Lipinski definition) is 7. The third-order valence-electron chi connectivity index (χ3n) is 4.23. The van der Waals surface area contributed by atoms with E-state index in [0.29, 0.717) is 30.8 Å². The number of methoxy groups -OCH3 is 1. The van der Waals surface area contributed by atoms with E-state index in [2.05, 4.69) is 39.8 Å². The van der Waals surface area contributed by atoms with E-state index in [1.807, 2.05) is 37.3 Å². The second kappa shape index (κ2) is 13.9. The molecule has 1 unspecified atom stereocenters. The van der Waals surface area contributed by atoms with Gasteiger partial charge in [0.05, 0.1) is 7.11 Å². The first kappa shape index (κ1) is 28.5. The number of amides is 1. The van der Waals surface area contributed by atoms with Crippen LogP contribution in [0.4, 0.5) is 30.6 Å². The third-order valence-corrected chi connectivity index (χ3v) is 4.23. The molecule has 1 heterocycles. The molecule has 2 aromatic rings. The Morgan fingerprint density at radius 2 is 1.79 bits per heavy atom. The topological polar surface area (TPSA) is 125 Å². The van der Waals surface area contributed by atoms with Crippen molar-refractivity contribution in [2.24, 2.45) is 0 Å². The van der Waals surface area contributed by atoms with Crippen LogP contribution in [0.2, 0.25) is 0 Å². The minimum absolute atomic E-state index is 0.0617. The summed E-state index contributed by atoms with van der Waals surface area (Å²) in [4.78, 5) is 29.9. The molecule has 2 rings (SSSR count). The summed E-state index contributed by atoms with van der Waals surface area (Å²) in [5.74, 6) is -0.737. The molecule has 0 fully saturated rings. The van der Waals surface area contributed by atoms with Crippen molar-refractivity contribution in [3.8, 4) is 5.75 Å². The Morgan fingerprint density at radius 3 is 2.32 bits per heavy atom. The fourth-order valence-electron chi connectivity index (χ4n) is 2.65. The van der Waals surface area contributed by atoms with E-state index in [4.69, 9.17) is 14.6 Å². The number of anilines is 3. The summed E-state index contributed by atoms with van der Waals surface area (Å²) in [6, 6.07) is 9.44. The van der Waals surface area contributed by atoms with Crippen LogP contribution >= 0.6 is 0 Å². The molecule has 1 aromatic carbocycles. The van der Waals surface area contributed by atoms with Crippen LogP contribution in [0.25, 0.3) is 0 Å². The van der Waals surface area contributed by atoms with Crippen LogP contribution in [0.5, 0.6) is 5.75 Å². The van der Waals surface area contributed by atoms with E-state index in [1.165, 1.54) is 0 Å². The number of carbonyl (C=O) groups is 2. The largest absolute Gasteiger partial charge is 0.497 e. The van der Waals surface area contributed by atoms with Crippen molar-refractivity contribution in [1.82, 2.24) is 9.97 Å². The van der Waals surface area contributed by atoms with Gasteiger partial charge in [0.1, 0.15) is 11.6 Å². The number of aryl methyl sites for hydroxylation is 1. The van der Waals surface area contributed by atoms with Gasteiger partial charge in [-0.3, -0.25) is 4.79 Å². The van der Waals surface area contributed by atoms with Gasteiger partial charge in [0.15, 0.2) is 0 Å². The zero-order valence-corrected chi connectivity index (χ0v) is 19.5. The number of aromatic nitrogens is 2. The lowest BCUT2D eigenvalue weighted by Crippen LogP contribution is -2.21. The summed E-state index contributed by atoms with van der Waals surface area (Å²) in [7, 11) is 1.61. The molecule has 0 bridgehead atoms. The Labute approximate surface area is 196 Å². The van der Waals surface area contributed by atoms with Crippen molar-refractivity contribution in [3.63, 3.8) is 0 Å². The van der Waals surface area contributed by atoms with Gasteiger partial charge in [-0.05, 0) is 44.5 Å². The summed E-state index contributed by atoms with van der Waals surface area (Å²) in [5.41, 5.74) is 1.62. The molecule has 34 heavy (non-hydrogen) atoms. The average Bonchev–Trinajstić information content (AvgIpc) is 2.74. The lowest BCUT2D eigenvalue weighted by molar-refractivity contribution is -0.192. The van der Waals surface area contributed by atoms with E-state index in [1.54, 1.807) is 7.11 Å². The first-order valence-corrected chi connectivity index (χ1v) is 10.5. The summed E-state index contributed by atoms with van der Waals surface area (Å²) in [6.07, 6.45) is -2.58. The van der Waals surface area contributed by atoms with Crippen molar-refractivity contribution >= 4 is 29.3 Å². The van der Waals surface area contributed by atoms with E-state index in [9.17, 15) is 18.0 Å². The second-order valence-electron chi connectivity index (χ2n) is 7.31. The van der Waals surface area contributed by atoms with E-state index >= 15 is 0 Å². The van der Waals surface area contributed by atoms with Crippen LogP contribution in [-0.2, 0) is 9.59 Å². The number of nitrogens with one attached hydrogen (secondary N) is 3. The molecule has 0 spiro atoms. The van der Waals surface area contributed by atoms with Crippen molar-refractivity contribution < 1.29 is 32.6 Å². The van der Waals surface area contributed by atoms with Gasteiger partial charge >= 0.3 is 12.1 Å². The number of carbonyl (C=O) groups excluding carboxylic acids is 1. The Hall–Kier alpha value is -3.57. The number of benzene rings is 1. The number of nitrogens with zero attached hydrogens (tertiary/aromatic N) is 2. The number of halogens is 3. The molecule has 1 aromatic heterocycles. The molecule has 0 radical (unpaired) electrons. The van der Waals surface area contributed by atoms with Crippen molar-refractivity contribution in [2.75, 3.05) is 29.6 Å². The zero-order chi connectivity index (χ0) is 25.7. The standard InChI is InChI=1S/C20H29N5O2.C2HF3O2/c1-5-6-14(2)22-20-23-15(3)13-18(25-20)21-12-11-19(26)24-16-7-9-17(27-4)10-8-16;3-2(4,5)1(6)7/h7-10,13-14H,5-6,11-12H2,1-4H3,(H,24,26)(H2,21,22,23,25);(H,6,7). The minimum atomic E-state index is -5.08. The molecule has 1 atom stereocenters. The first-order valence-electron chi connectivity index (χ1n) is 10.5. The molecule has 0 saturated heterocycles. The summed E-state index contributed by atoms with van der Waals surface area (Å²) >= 11 is 0. The SMILES string of the molecule is CCCC(C)Nc1nc(C)cc(NCCC(=O)Nc2ccc(OC)cc2)n1.O=C(O)C(F)(F)F. The first-order chi connectivity index (χ1) is 15.9. The van der Waals surface area contributed by atoms with Gasteiger partial charge in [-0.25, -0.2) is 9.78 Å². The minimum Gasteiger partial charge on any atom is -0.497 e. The molecular formula is C22H30F3N5O4. The highest BCUT2D eigenvalue weighted by atomic mass is 19.4. The van der Waals surface area contributed by atoms with Gasteiger partial charge < -0.3 is 25.8 Å². The van der Waals surface area contributed by atoms with Gasteiger partial charge in [0, 0.05) is 36.5 Å². The van der Waals surface area contributed by atoms with Gasteiger partial charge in [-0.15, -0.1) is 0 Å². The van der Waals surface area contributed by atoms with Gasteiger partial charge in [0.2, 0.25) is 11.9 Å². The Morgan fingerprint density at radius 1 is 1.18 bits per heavy atom. The molecule has 0 saturated carbocycles. The predicted octanol–water partition coefficient (Wildman–Crippen LogP) is 4.47. The van der Waals surface area contributed by atoms with Crippen molar-refractivity contribution in [2.45, 2.75) is 52.3 Å². The molecule has 0 aliphatic rings. The fourth-order valence-corrected chi connectivity index (χ4v) is 2.65. The van der Waals surface area contributed by atoms with Gasteiger partial charge in [-0.1, -0.05) is 13.3 Å². The highest BCUT2D eigenvalue weighted by Gasteiger charge is 2.38. The number of carboxylic acids is 1. The molecule has 12 heteroatoms. The van der Waals surface area contributed by atoms with Gasteiger partial charge in [0.25, 0.3) is 0 Å². The quantitative estimate of drug-likeness (QED) is 0.389. The molecule has 0 aliphatic heterocycles. The van der Waals surface area contributed by atoms with E-state index < -0.39 is 12.1 Å². The molecule has 1 amide bonds. The number of hydrogen-bond donors (Lipinski definition) is 4. The molecule has 188 valence electrons. The van der Waals surface area contributed by atoms with Gasteiger partial charge in [-0.2, -0.15) is 18.2 Å². The van der Waals surface area contributed by atoms with Crippen LogP contribution in [0, 0.1) is 6.92 Å². The third kappa shape index (κ3) is 11.3. The summed E-state index contributed by atoms with van der Waals surface area (Å²) in [5, 5.41) is 16.5. The lowest BCUT2D eigenvalue weighted by atomic mass is 10.2. The number of carboxylic acid groups (broad SMARTS) is 1. The summed E-state index contributed by atoms with van der Waals surface area (Å²) < 4.78 is 36.8. The lowest BCUT2D eigenvalue weighted by Gasteiger charge is -2.14. The fraction of sp³-hybridized carbons (Fsp3) is 0.455.